The van der Waals surface area contributed by atoms with Gasteiger partial charge in [0, 0.05) is 14.9 Å². The molecular weight excluding hydrogens is 823 g/mol. The summed E-state index contributed by atoms with van der Waals surface area (Å²) < 4.78 is 21.4. The molecule has 1 aliphatic heterocycles. The van der Waals surface area contributed by atoms with Crippen molar-refractivity contribution >= 4 is 79.4 Å². The average molecular weight is 854 g/mol. The number of hydrogen-bond acceptors (Lipinski definition) is 8. The summed E-state index contributed by atoms with van der Waals surface area (Å²) in [6, 6.07) is 28.5. The van der Waals surface area contributed by atoms with Gasteiger partial charge in [0.25, 0.3) is 5.56 Å². The molecule has 0 unspecified atom stereocenters. The van der Waals surface area contributed by atoms with Crippen LogP contribution in [0.15, 0.2) is 116 Å². The highest BCUT2D eigenvalue weighted by Crippen LogP contribution is 2.37. The van der Waals surface area contributed by atoms with Gasteiger partial charge in [0.2, 0.25) is 0 Å². The van der Waals surface area contributed by atoms with Gasteiger partial charge in [-0.15, -0.1) is 11.8 Å². The van der Waals surface area contributed by atoms with E-state index in [-0.39, 0.29) is 12.2 Å². The number of hydrogen-bond donors (Lipinski definition) is 0. The third-order valence-corrected chi connectivity index (χ3v) is 10.7. The second-order valence-corrected chi connectivity index (χ2v) is 14.6. The van der Waals surface area contributed by atoms with Gasteiger partial charge in [0.1, 0.15) is 6.61 Å². The lowest BCUT2D eigenvalue weighted by atomic mass is 9.93. The molecule has 1 atom stereocenters. The number of halogens is 2. The second kappa shape index (κ2) is 15.3. The van der Waals surface area contributed by atoms with E-state index in [1.54, 1.807) is 30.4 Å². The molecule has 4 aromatic carbocycles. The van der Waals surface area contributed by atoms with Crippen LogP contribution in [0.1, 0.15) is 35.2 Å². The van der Waals surface area contributed by atoms with Crippen molar-refractivity contribution in [3.8, 4) is 11.5 Å². The Morgan fingerprint density at radius 1 is 1.06 bits per heavy atom. The van der Waals surface area contributed by atoms with Crippen LogP contribution in [0.3, 0.4) is 0 Å². The molecule has 0 spiro atoms. The first-order valence-corrected chi connectivity index (χ1v) is 18.9. The maximum absolute atomic E-state index is 14.3. The van der Waals surface area contributed by atoms with Crippen molar-refractivity contribution in [1.29, 1.82) is 0 Å². The maximum Gasteiger partial charge on any atom is 0.338 e. The van der Waals surface area contributed by atoms with E-state index >= 15 is 0 Å². The molecule has 5 aromatic rings. The molecule has 1 aliphatic rings. The number of benzene rings is 4. The summed E-state index contributed by atoms with van der Waals surface area (Å²) in [6.07, 6.45) is 3.84. The standard InChI is InChI=1S/C37H30BrIN2O5S2/c1-4-45-36(43)31-32(24-8-6-5-7-9-24)40-37-41(33(31)25-12-16-27(47-3)17-13-25)35(42)30(48-37)20-23-18-28(39)34(29(19-23)44-2)46-21-22-10-14-26(38)15-11-22/h5-20,33H,4,21H2,1-3H3/b30-20-/t33-/m1/s1. The average Bonchev–Trinajstić information content (AvgIpc) is 3.41. The number of ether oxygens (including phenoxy) is 3. The third-order valence-electron chi connectivity index (χ3n) is 7.65. The molecule has 1 aromatic heterocycles. The highest BCUT2D eigenvalue weighted by Gasteiger charge is 2.35. The maximum atomic E-state index is 14.3. The van der Waals surface area contributed by atoms with Gasteiger partial charge >= 0.3 is 5.97 Å². The summed E-state index contributed by atoms with van der Waals surface area (Å²) in [7, 11) is 1.60. The van der Waals surface area contributed by atoms with Crippen LogP contribution < -0.4 is 24.4 Å². The molecule has 2 heterocycles. The molecular formula is C37H30BrIN2O5S2. The summed E-state index contributed by atoms with van der Waals surface area (Å²) in [5.74, 6) is 0.673. The molecule has 0 N–H and O–H groups in total. The molecule has 11 heteroatoms. The second-order valence-electron chi connectivity index (χ2n) is 10.7. The van der Waals surface area contributed by atoms with Crippen molar-refractivity contribution in [2.45, 2.75) is 24.5 Å². The zero-order valence-corrected chi connectivity index (χ0v) is 31.6. The van der Waals surface area contributed by atoms with E-state index in [2.05, 4.69) is 38.5 Å². The van der Waals surface area contributed by atoms with E-state index in [4.69, 9.17) is 19.2 Å². The van der Waals surface area contributed by atoms with Crippen molar-refractivity contribution in [1.82, 2.24) is 4.57 Å². The Hall–Kier alpha value is -3.65. The summed E-state index contributed by atoms with van der Waals surface area (Å²) in [5, 5.41) is 0. The zero-order valence-electron chi connectivity index (χ0n) is 26.2. The van der Waals surface area contributed by atoms with Crippen LogP contribution in [-0.2, 0) is 16.1 Å². The fraction of sp³-hybridized carbons (Fsp3) is 0.162. The number of carbonyl (C=O) groups is 1. The number of thiazole rings is 1. The Morgan fingerprint density at radius 2 is 1.79 bits per heavy atom. The predicted octanol–water partition coefficient (Wildman–Crippen LogP) is 7.61. The molecule has 0 amide bonds. The fourth-order valence-corrected chi connectivity index (χ4v) is 7.85. The van der Waals surface area contributed by atoms with E-state index in [9.17, 15) is 9.59 Å². The van der Waals surface area contributed by atoms with Crippen LogP contribution in [0, 0.1) is 3.57 Å². The summed E-state index contributed by atoms with van der Waals surface area (Å²) in [6.45, 7) is 2.34. The Labute approximate surface area is 308 Å². The molecule has 0 saturated heterocycles. The number of rotatable bonds is 10. The summed E-state index contributed by atoms with van der Waals surface area (Å²) >= 11 is 8.59. The largest absolute Gasteiger partial charge is 0.493 e. The fourth-order valence-electron chi connectivity index (χ4n) is 5.39. The minimum atomic E-state index is -0.738. The minimum absolute atomic E-state index is 0.191. The first-order chi connectivity index (χ1) is 23.3. The molecule has 0 aliphatic carbocycles. The molecule has 0 bridgehead atoms. The monoisotopic (exact) mass is 852 g/mol. The van der Waals surface area contributed by atoms with Gasteiger partial charge in [-0.05, 0) is 94.9 Å². The molecule has 6 rings (SSSR count). The third kappa shape index (κ3) is 7.19. The SMILES string of the molecule is CCOC(=O)C1=C(c2ccccc2)N=c2s/c(=C\c3cc(I)c(OCc4ccc(Br)cc4)c(OC)c3)c(=O)n2[C@@H]1c1ccc(SC)cc1. The van der Waals surface area contributed by atoms with E-state index in [0.717, 1.165) is 35.2 Å². The van der Waals surface area contributed by atoms with E-state index in [1.807, 2.05) is 103 Å². The van der Waals surface area contributed by atoms with Gasteiger partial charge in [-0.25, -0.2) is 9.79 Å². The summed E-state index contributed by atoms with van der Waals surface area (Å²) in [5.41, 5.74) is 3.90. The summed E-state index contributed by atoms with van der Waals surface area (Å²) in [4.78, 5) is 34.6. The Kier molecular flexibility index (Phi) is 10.9. The quantitative estimate of drug-likeness (QED) is 0.0819. The smallest absolute Gasteiger partial charge is 0.338 e. The van der Waals surface area contributed by atoms with Gasteiger partial charge in [0.15, 0.2) is 16.3 Å². The number of aromatic nitrogens is 1. The van der Waals surface area contributed by atoms with Crippen molar-refractivity contribution in [3.63, 3.8) is 0 Å². The number of nitrogens with zero attached hydrogens (tertiary/aromatic N) is 2. The van der Waals surface area contributed by atoms with Gasteiger partial charge in [0.05, 0.1) is 39.1 Å². The van der Waals surface area contributed by atoms with E-state index in [0.29, 0.717) is 38.7 Å². The van der Waals surface area contributed by atoms with E-state index in [1.165, 1.54) is 11.3 Å². The van der Waals surface area contributed by atoms with Crippen LogP contribution >= 0.6 is 61.6 Å². The number of esters is 1. The van der Waals surface area contributed by atoms with Gasteiger partial charge in [-0.1, -0.05) is 81.9 Å². The van der Waals surface area contributed by atoms with Crippen LogP contribution in [0.25, 0.3) is 11.8 Å². The number of methoxy groups -OCH3 is 1. The van der Waals surface area contributed by atoms with Crippen molar-refractivity contribution < 1.29 is 19.0 Å². The Balaban J connectivity index is 1.49. The topological polar surface area (TPSA) is 79.1 Å². The normalized spacial score (nSPS) is 14.4. The number of carbonyl (C=O) groups excluding carboxylic acids is 1. The first-order valence-electron chi connectivity index (χ1n) is 15.0. The molecule has 0 saturated carbocycles. The van der Waals surface area contributed by atoms with Gasteiger partial charge in [-0.3, -0.25) is 9.36 Å². The lowest BCUT2D eigenvalue weighted by Gasteiger charge is -2.26. The highest BCUT2D eigenvalue weighted by molar-refractivity contribution is 14.1. The van der Waals surface area contributed by atoms with Gasteiger partial charge < -0.3 is 14.2 Å². The molecule has 48 heavy (non-hydrogen) atoms. The minimum Gasteiger partial charge on any atom is -0.493 e. The van der Waals surface area contributed by atoms with Crippen molar-refractivity contribution in [2.24, 2.45) is 4.99 Å². The lowest BCUT2D eigenvalue weighted by molar-refractivity contribution is -0.138. The first kappa shape index (κ1) is 34.2. The molecule has 244 valence electrons. The van der Waals surface area contributed by atoms with Gasteiger partial charge in [-0.2, -0.15) is 0 Å². The molecule has 7 nitrogen and oxygen atoms in total. The predicted molar refractivity (Wildman–Crippen MR) is 203 cm³/mol. The number of fused-ring (bicyclic) bond motifs is 1. The van der Waals surface area contributed by atoms with Crippen molar-refractivity contribution in [2.75, 3.05) is 20.0 Å². The van der Waals surface area contributed by atoms with E-state index < -0.39 is 12.0 Å². The van der Waals surface area contributed by atoms with Crippen LogP contribution in [0.2, 0.25) is 0 Å². The van der Waals surface area contributed by atoms with Crippen LogP contribution in [0.5, 0.6) is 11.5 Å². The Morgan fingerprint density at radius 3 is 2.46 bits per heavy atom. The van der Waals surface area contributed by atoms with Crippen LogP contribution in [-0.4, -0.2) is 30.5 Å². The highest BCUT2D eigenvalue weighted by atomic mass is 127. The Bertz CT molecular complexity index is 2180. The van der Waals surface area contributed by atoms with Crippen LogP contribution in [0.4, 0.5) is 0 Å². The van der Waals surface area contributed by atoms with Crippen molar-refractivity contribution in [3.05, 3.63) is 147 Å². The molecule has 0 radical (unpaired) electrons. The lowest BCUT2D eigenvalue weighted by Crippen LogP contribution is -2.40. The number of thioether (sulfide) groups is 1. The molecule has 0 fully saturated rings. The zero-order chi connectivity index (χ0) is 33.8.